The molecule has 0 amide bonds. The Bertz CT molecular complexity index is 667. The van der Waals surface area contributed by atoms with E-state index < -0.39 is 0 Å². The fourth-order valence-electron chi connectivity index (χ4n) is 3.95. The third-order valence-electron chi connectivity index (χ3n) is 5.76. The van der Waals surface area contributed by atoms with Crippen LogP contribution in [0, 0.1) is 0 Å². The normalized spacial score (nSPS) is 22.2. The largest absolute Gasteiger partial charge is 0.508 e. The standard InChI is InChI=1S/C22H28O2/c1-3-15(2)21-14-19(10-13-22(21)24)18-6-4-16(5-7-18)17-8-11-20(23)12-9-17/h8-16,18,23-24H,3-7H2,1-2H3. The Labute approximate surface area is 145 Å². The summed E-state index contributed by atoms with van der Waals surface area (Å²) in [6.45, 7) is 4.35. The van der Waals surface area contributed by atoms with Crippen LogP contribution < -0.4 is 0 Å². The van der Waals surface area contributed by atoms with E-state index >= 15 is 0 Å². The van der Waals surface area contributed by atoms with Gasteiger partial charge in [0.1, 0.15) is 11.5 Å². The van der Waals surface area contributed by atoms with Crippen molar-refractivity contribution in [1.82, 2.24) is 0 Å². The van der Waals surface area contributed by atoms with E-state index in [1.165, 1.54) is 36.8 Å². The SMILES string of the molecule is CCC(C)c1cc(C2CCC(c3ccc(O)cc3)CC2)ccc1O. The molecule has 0 saturated heterocycles. The van der Waals surface area contributed by atoms with Crippen molar-refractivity contribution >= 4 is 0 Å². The van der Waals surface area contributed by atoms with Crippen LogP contribution in [0.1, 0.15) is 80.4 Å². The Hall–Kier alpha value is -1.96. The number of hydrogen-bond acceptors (Lipinski definition) is 2. The molecule has 0 aliphatic heterocycles. The predicted molar refractivity (Wildman–Crippen MR) is 98.9 cm³/mol. The van der Waals surface area contributed by atoms with Crippen LogP contribution in [0.4, 0.5) is 0 Å². The van der Waals surface area contributed by atoms with Crippen LogP contribution in [0.5, 0.6) is 11.5 Å². The first-order valence-corrected chi connectivity index (χ1v) is 9.20. The highest BCUT2D eigenvalue weighted by Crippen LogP contribution is 2.42. The Kier molecular flexibility index (Phi) is 5.13. The molecular weight excluding hydrogens is 296 g/mol. The number of phenols is 2. The third-order valence-corrected chi connectivity index (χ3v) is 5.76. The van der Waals surface area contributed by atoms with Crippen LogP contribution >= 0.6 is 0 Å². The van der Waals surface area contributed by atoms with E-state index in [9.17, 15) is 10.2 Å². The van der Waals surface area contributed by atoms with Crippen molar-refractivity contribution in [2.75, 3.05) is 0 Å². The Morgan fingerprint density at radius 2 is 1.42 bits per heavy atom. The minimum absolute atomic E-state index is 0.342. The van der Waals surface area contributed by atoms with Gasteiger partial charge in [0, 0.05) is 0 Å². The molecule has 0 radical (unpaired) electrons. The van der Waals surface area contributed by atoms with Crippen molar-refractivity contribution in [3.05, 3.63) is 59.2 Å². The zero-order valence-corrected chi connectivity index (χ0v) is 14.7. The molecule has 0 heterocycles. The molecule has 0 spiro atoms. The molecule has 2 N–H and O–H groups in total. The third kappa shape index (κ3) is 3.58. The molecule has 0 bridgehead atoms. The van der Waals surface area contributed by atoms with Crippen molar-refractivity contribution in [2.24, 2.45) is 0 Å². The maximum atomic E-state index is 10.1. The average molecular weight is 324 g/mol. The summed E-state index contributed by atoms with van der Waals surface area (Å²) in [5.41, 5.74) is 3.82. The summed E-state index contributed by atoms with van der Waals surface area (Å²) in [5.74, 6) is 2.38. The summed E-state index contributed by atoms with van der Waals surface area (Å²) in [6, 6.07) is 13.9. The summed E-state index contributed by atoms with van der Waals surface area (Å²) in [4.78, 5) is 0. The van der Waals surface area contributed by atoms with Crippen LogP contribution in [0.15, 0.2) is 42.5 Å². The van der Waals surface area contributed by atoms with Crippen LogP contribution in [0.25, 0.3) is 0 Å². The molecular formula is C22H28O2. The van der Waals surface area contributed by atoms with Crippen molar-refractivity contribution in [2.45, 2.75) is 63.7 Å². The minimum atomic E-state index is 0.342. The zero-order valence-electron chi connectivity index (χ0n) is 14.7. The number of aromatic hydroxyl groups is 2. The second-order valence-electron chi connectivity index (χ2n) is 7.27. The lowest BCUT2D eigenvalue weighted by molar-refractivity contribution is 0.394. The van der Waals surface area contributed by atoms with E-state index in [0.717, 1.165) is 12.0 Å². The highest BCUT2D eigenvalue weighted by atomic mass is 16.3. The highest BCUT2D eigenvalue weighted by molar-refractivity contribution is 5.40. The van der Waals surface area contributed by atoms with E-state index in [0.29, 0.717) is 29.3 Å². The molecule has 1 saturated carbocycles. The predicted octanol–water partition coefficient (Wildman–Crippen LogP) is 6.05. The molecule has 2 aromatic rings. The lowest BCUT2D eigenvalue weighted by Crippen LogP contribution is -2.12. The van der Waals surface area contributed by atoms with Gasteiger partial charge in [-0.25, -0.2) is 0 Å². The van der Waals surface area contributed by atoms with Crippen molar-refractivity contribution in [3.63, 3.8) is 0 Å². The van der Waals surface area contributed by atoms with Gasteiger partial charge in [-0.2, -0.15) is 0 Å². The number of rotatable bonds is 4. The molecule has 128 valence electrons. The van der Waals surface area contributed by atoms with Gasteiger partial charge in [0.05, 0.1) is 0 Å². The molecule has 2 nitrogen and oxygen atoms in total. The maximum Gasteiger partial charge on any atom is 0.119 e. The summed E-state index contributed by atoms with van der Waals surface area (Å²) in [7, 11) is 0. The molecule has 1 atom stereocenters. The van der Waals surface area contributed by atoms with Gasteiger partial charge in [-0.3, -0.25) is 0 Å². The summed E-state index contributed by atoms with van der Waals surface area (Å²) in [6.07, 6.45) is 5.81. The molecule has 2 aromatic carbocycles. The second-order valence-corrected chi connectivity index (χ2v) is 7.27. The van der Waals surface area contributed by atoms with Crippen molar-refractivity contribution < 1.29 is 10.2 Å². The number of hydrogen-bond donors (Lipinski definition) is 2. The summed E-state index contributed by atoms with van der Waals surface area (Å²) in [5, 5.41) is 19.6. The zero-order chi connectivity index (χ0) is 17.1. The van der Waals surface area contributed by atoms with Gasteiger partial charge >= 0.3 is 0 Å². The topological polar surface area (TPSA) is 40.5 Å². The molecule has 3 rings (SSSR count). The fraction of sp³-hybridized carbons (Fsp3) is 0.455. The quantitative estimate of drug-likeness (QED) is 0.718. The number of benzene rings is 2. The first-order chi connectivity index (χ1) is 11.6. The van der Waals surface area contributed by atoms with E-state index in [4.69, 9.17) is 0 Å². The van der Waals surface area contributed by atoms with Gasteiger partial charge in [0.2, 0.25) is 0 Å². The van der Waals surface area contributed by atoms with Gasteiger partial charge in [0.15, 0.2) is 0 Å². The van der Waals surface area contributed by atoms with E-state index in [-0.39, 0.29) is 0 Å². The van der Waals surface area contributed by atoms with E-state index in [1.54, 1.807) is 12.1 Å². The lowest BCUT2D eigenvalue weighted by atomic mass is 9.75. The monoisotopic (exact) mass is 324 g/mol. The summed E-state index contributed by atoms with van der Waals surface area (Å²) < 4.78 is 0. The van der Waals surface area contributed by atoms with E-state index in [2.05, 4.69) is 38.1 Å². The molecule has 1 fully saturated rings. The van der Waals surface area contributed by atoms with Crippen LogP contribution in [-0.4, -0.2) is 10.2 Å². The Morgan fingerprint density at radius 1 is 0.875 bits per heavy atom. The molecule has 0 aromatic heterocycles. The molecule has 2 heteroatoms. The fourth-order valence-corrected chi connectivity index (χ4v) is 3.95. The van der Waals surface area contributed by atoms with Crippen molar-refractivity contribution in [1.29, 1.82) is 0 Å². The van der Waals surface area contributed by atoms with Crippen LogP contribution in [0.3, 0.4) is 0 Å². The minimum Gasteiger partial charge on any atom is -0.508 e. The molecule has 24 heavy (non-hydrogen) atoms. The smallest absolute Gasteiger partial charge is 0.119 e. The molecule has 1 aliphatic rings. The van der Waals surface area contributed by atoms with Gasteiger partial charge in [-0.1, -0.05) is 38.1 Å². The Morgan fingerprint density at radius 3 is 2.00 bits per heavy atom. The van der Waals surface area contributed by atoms with E-state index in [1.807, 2.05) is 6.07 Å². The lowest BCUT2D eigenvalue weighted by Gasteiger charge is -2.29. The van der Waals surface area contributed by atoms with Gasteiger partial charge < -0.3 is 10.2 Å². The maximum absolute atomic E-state index is 10.1. The van der Waals surface area contributed by atoms with Crippen LogP contribution in [-0.2, 0) is 0 Å². The molecule has 1 aliphatic carbocycles. The van der Waals surface area contributed by atoms with Gasteiger partial charge in [-0.15, -0.1) is 0 Å². The molecule has 1 unspecified atom stereocenters. The van der Waals surface area contributed by atoms with Gasteiger partial charge in [-0.05, 0) is 84.7 Å². The summed E-state index contributed by atoms with van der Waals surface area (Å²) >= 11 is 0. The first kappa shape index (κ1) is 16.9. The Balaban J connectivity index is 1.69. The van der Waals surface area contributed by atoms with Gasteiger partial charge in [0.25, 0.3) is 0 Å². The second kappa shape index (κ2) is 7.29. The highest BCUT2D eigenvalue weighted by Gasteiger charge is 2.24. The van der Waals surface area contributed by atoms with Crippen LogP contribution in [0.2, 0.25) is 0 Å². The average Bonchev–Trinajstić information content (AvgIpc) is 2.62. The number of phenolic OH excluding ortho intramolecular Hbond substituents is 2. The van der Waals surface area contributed by atoms with Crippen molar-refractivity contribution in [3.8, 4) is 11.5 Å². The first-order valence-electron chi connectivity index (χ1n) is 9.20.